The minimum atomic E-state index is -0.855. The molecule has 5 aromatic rings. The molecule has 2 atom stereocenters. The summed E-state index contributed by atoms with van der Waals surface area (Å²) in [5, 5.41) is 6.17. The van der Waals surface area contributed by atoms with Gasteiger partial charge in [0.1, 0.15) is 0 Å². The van der Waals surface area contributed by atoms with Gasteiger partial charge < -0.3 is 0 Å². The van der Waals surface area contributed by atoms with Crippen LogP contribution in [0.5, 0.6) is 0 Å². The summed E-state index contributed by atoms with van der Waals surface area (Å²) in [5.41, 5.74) is 6.87. The molecule has 12 rings (SSSR count). The predicted octanol–water partition coefficient (Wildman–Crippen LogP) is 12.5. The molecule has 1 N–H and O–H groups in total. The monoisotopic (exact) mass is 767 g/mol. The molecule has 8 heteroatoms. The van der Waals surface area contributed by atoms with Crippen molar-refractivity contribution in [3.05, 3.63) is 130 Å². The van der Waals surface area contributed by atoms with Crippen LogP contribution < -0.4 is 5.32 Å². The lowest BCUT2D eigenvalue weighted by atomic mass is 10.1. The fourth-order valence-electron chi connectivity index (χ4n) is 8.17. The second kappa shape index (κ2) is 19.0. The summed E-state index contributed by atoms with van der Waals surface area (Å²) in [7, 11) is 0. The van der Waals surface area contributed by atoms with Crippen LogP contribution in [0, 0.1) is 0 Å². The zero-order chi connectivity index (χ0) is 42.2. The minimum Gasteiger partial charge on any atom is -0.280 e. The second-order valence-corrected chi connectivity index (χ2v) is 11.4. The van der Waals surface area contributed by atoms with Gasteiger partial charge in [-0.3, -0.25) is 5.32 Å². The maximum Gasteiger partial charge on any atom is 0.401 e. The Hall–Kier alpha value is -5.63. The SMILES string of the molecule is CC.CC.CC.CC.CC.CC.CC.CC.c1ccc2c(c1)C1=Nc3c4ccccc4c4n3C35N6C(=NC2=[N+]13)c1ccccc1C6NC1=[N+]5C(=N4)c2ccccc21. The van der Waals surface area contributed by atoms with Crippen molar-refractivity contribution in [1.82, 2.24) is 14.8 Å². The first-order chi connectivity index (χ1) is 28.4. The molecule has 1 spiro atoms. The van der Waals surface area contributed by atoms with Gasteiger partial charge in [-0.25, -0.2) is 4.90 Å². The van der Waals surface area contributed by atoms with Crippen LogP contribution in [-0.4, -0.2) is 47.8 Å². The Balaban J connectivity index is 0.000000407. The van der Waals surface area contributed by atoms with Crippen LogP contribution in [0.15, 0.2) is 112 Å². The molecule has 4 aromatic carbocycles. The van der Waals surface area contributed by atoms with Crippen LogP contribution in [-0.2, 0) is 5.91 Å². The maximum atomic E-state index is 5.46. The van der Waals surface area contributed by atoms with Crippen LogP contribution in [0.4, 0.5) is 11.6 Å². The van der Waals surface area contributed by atoms with Crippen LogP contribution in [0.3, 0.4) is 0 Å². The summed E-state index contributed by atoms with van der Waals surface area (Å²) in [5.74, 6) is 5.81. The molecule has 0 bridgehead atoms. The van der Waals surface area contributed by atoms with Gasteiger partial charge in [0, 0.05) is 21.9 Å². The number of nitrogens with zero attached hydrogens (tertiary/aromatic N) is 7. The van der Waals surface area contributed by atoms with Crippen molar-refractivity contribution in [2.45, 2.75) is 123 Å². The molecule has 0 radical (unpaired) electrons. The first-order valence-corrected chi connectivity index (χ1v) is 21.9. The van der Waals surface area contributed by atoms with Crippen LogP contribution in [0.25, 0.3) is 10.8 Å². The number of aromatic nitrogens is 1. The zero-order valence-electron chi connectivity index (χ0n) is 37.4. The Bertz CT molecular complexity index is 2340. The number of benzene rings is 4. The van der Waals surface area contributed by atoms with Crippen LogP contribution in [0.2, 0.25) is 0 Å². The van der Waals surface area contributed by atoms with Gasteiger partial charge in [0.25, 0.3) is 17.5 Å². The molecule has 0 saturated carbocycles. The summed E-state index contributed by atoms with van der Waals surface area (Å²) in [6, 6.07) is 34.4. The number of amidine groups is 5. The number of aliphatic imine (C=N–C) groups is 3. The van der Waals surface area contributed by atoms with E-state index in [2.05, 4.69) is 121 Å². The van der Waals surface area contributed by atoms with Crippen LogP contribution >= 0.6 is 0 Å². The molecular formula is C49H66N8+2. The molecule has 8 nitrogen and oxygen atoms in total. The molecule has 0 fully saturated rings. The molecule has 2 unspecified atom stereocenters. The van der Waals surface area contributed by atoms with Gasteiger partial charge in [0.15, 0.2) is 6.17 Å². The van der Waals surface area contributed by atoms with Crippen molar-refractivity contribution < 1.29 is 9.15 Å². The number of fused-ring (bicyclic) bond motifs is 12. The van der Waals surface area contributed by atoms with Gasteiger partial charge in [0.05, 0.1) is 22.3 Å². The Morgan fingerprint density at radius 3 is 1.44 bits per heavy atom. The lowest BCUT2D eigenvalue weighted by Gasteiger charge is -2.49. The first kappa shape index (κ1) is 44.1. The summed E-state index contributed by atoms with van der Waals surface area (Å²) in [6.07, 6.45) is -0.127. The van der Waals surface area contributed by atoms with Gasteiger partial charge in [-0.1, -0.05) is 180 Å². The molecule has 300 valence electrons. The van der Waals surface area contributed by atoms with Gasteiger partial charge in [-0.15, -0.1) is 4.58 Å². The van der Waals surface area contributed by atoms with Gasteiger partial charge in [-0.2, -0.15) is 9.14 Å². The van der Waals surface area contributed by atoms with E-state index in [-0.39, 0.29) is 6.17 Å². The molecule has 0 saturated heterocycles. The molecule has 57 heavy (non-hydrogen) atoms. The molecule has 0 aliphatic carbocycles. The fourth-order valence-corrected chi connectivity index (χ4v) is 8.17. The van der Waals surface area contributed by atoms with Crippen molar-refractivity contribution in [2.75, 3.05) is 0 Å². The average molecular weight is 767 g/mol. The third kappa shape index (κ3) is 5.81. The highest BCUT2D eigenvalue weighted by Gasteiger charge is 2.75. The lowest BCUT2D eigenvalue weighted by Crippen LogP contribution is -2.75. The van der Waals surface area contributed by atoms with E-state index in [1.165, 1.54) is 5.56 Å². The van der Waals surface area contributed by atoms with E-state index in [1.54, 1.807) is 0 Å². The van der Waals surface area contributed by atoms with Crippen molar-refractivity contribution in [2.24, 2.45) is 15.0 Å². The Morgan fingerprint density at radius 2 is 0.895 bits per heavy atom. The summed E-state index contributed by atoms with van der Waals surface area (Å²) >= 11 is 0. The van der Waals surface area contributed by atoms with E-state index < -0.39 is 5.91 Å². The second-order valence-electron chi connectivity index (χ2n) is 11.4. The minimum absolute atomic E-state index is 0.127. The molecule has 0 amide bonds. The molecule has 8 heterocycles. The third-order valence-electron chi connectivity index (χ3n) is 9.64. The van der Waals surface area contributed by atoms with E-state index >= 15 is 0 Å². The van der Waals surface area contributed by atoms with E-state index in [0.717, 1.165) is 79.4 Å². The molecule has 7 aliphatic heterocycles. The topological polar surface area (TPSA) is 63.3 Å². The Morgan fingerprint density at radius 1 is 0.474 bits per heavy atom. The van der Waals surface area contributed by atoms with E-state index in [0.29, 0.717) is 0 Å². The normalized spacial score (nSPS) is 18.0. The molecule has 1 aromatic heterocycles. The number of rotatable bonds is 0. The largest absolute Gasteiger partial charge is 0.401 e. The van der Waals surface area contributed by atoms with E-state index in [1.807, 2.05) is 111 Å². The standard InChI is InChI=1S/C33H17N8.8C2H6/c1-2-10-18-17(9-1)25-34-27-19-11-3-4-12-20(19)29-36-31-23-15-7-8-16-24(23)32-37-30-22-14-6-5-13-21(22)28-35-26(18)38(25)33(39(27)29,40(28)30)41(31)32;8*1-2/h1-16,25H;8*1-2H3/q+1;;;;;;;;/p+1. The molecular weight excluding hydrogens is 701 g/mol. The maximum absolute atomic E-state index is 5.46. The van der Waals surface area contributed by atoms with Crippen molar-refractivity contribution in [3.8, 4) is 0 Å². The van der Waals surface area contributed by atoms with Gasteiger partial charge in [0.2, 0.25) is 23.3 Å². The highest BCUT2D eigenvalue weighted by Crippen LogP contribution is 2.57. The van der Waals surface area contributed by atoms with Crippen molar-refractivity contribution in [1.29, 1.82) is 0 Å². The van der Waals surface area contributed by atoms with Crippen LogP contribution in [0.1, 0.15) is 150 Å². The van der Waals surface area contributed by atoms with E-state index in [9.17, 15) is 0 Å². The van der Waals surface area contributed by atoms with Crippen molar-refractivity contribution >= 4 is 51.6 Å². The summed E-state index contributed by atoms with van der Waals surface area (Å²) < 4.78 is 7.15. The van der Waals surface area contributed by atoms with E-state index in [4.69, 9.17) is 15.0 Å². The predicted molar refractivity (Wildman–Crippen MR) is 245 cm³/mol. The number of nitrogens with one attached hydrogen (secondary N) is 1. The smallest absolute Gasteiger partial charge is 0.280 e. The van der Waals surface area contributed by atoms with Gasteiger partial charge in [-0.05, 0) is 42.5 Å². The summed E-state index contributed by atoms with van der Waals surface area (Å²) in [4.78, 5) is 18.8. The number of hydrogen-bond acceptors (Lipinski definition) is 5. The Kier molecular flexibility index (Phi) is 14.7. The first-order valence-electron chi connectivity index (χ1n) is 21.9. The lowest BCUT2D eigenvalue weighted by molar-refractivity contribution is -0.813. The highest BCUT2D eigenvalue weighted by atomic mass is 15.7. The average Bonchev–Trinajstić information content (AvgIpc) is 4.05. The Labute approximate surface area is 342 Å². The summed E-state index contributed by atoms with van der Waals surface area (Å²) in [6.45, 7) is 32.0. The zero-order valence-corrected chi connectivity index (χ0v) is 37.4. The highest BCUT2D eigenvalue weighted by molar-refractivity contribution is 6.24. The number of hydrogen-bond donors (Lipinski definition) is 1. The quantitative estimate of drug-likeness (QED) is 0.160. The molecule has 7 aliphatic rings. The third-order valence-corrected chi connectivity index (χ3v) is 9.64. The fraction of sp³-hybridized carbons (Fsp3) is 0.367. The van der Waals surface area contributed by atoms with Gasteiger partial charge >= 0.3 is 5.91 Å². The van der Waals surface area contributed by atoms with Crippen molar-refractivity contribution in [3.63, 3.8) is 0 Å².